The Morgan fingerprint density at radius 1 is 0.429 bits per heavy atom. The topological polar surface area (TPSA) is 224 Å². The van der Waals surface area contributed by atoms with Crippen LogP contribution in [0.15, 0.2) is 98.8 Å². The van der Waals surface area contributed by atoms with Crippen LogP contribution in [-0.4, -0.2) is 53.2 Å². The van der Waals surface area contributed by atoms with Crippen LogP contribution in [0.4, 0.5) is 23.3 Å². The molecule has 1 aliphatic rings. The molecule has 14 nitrogen and oxygen atoms in total. The van der Waals surface area contributed by atoms with E-state index in [1.807, 2.05) is 72.8 Å². The van der Waals surface area contributed by atoms with E-state index in [0.29, 0.717) is 50.4 Å². The van der Waals surface area contributed by atoms with Crippen molar-refractivity contribution in [3.8, 4) is 0 Å². The van der Waals surface area contributed by atoms with Crippen molar-refractivity contribution in [2.45, 2.75) is 0 Å². The first-order valence-electron chi connectivity index (χ1n) is 14.9. The molecule has 9 rings (SSSR count). The van der Waals surface area contributed by atoms with Gasteiger partial charge in [0.1, 0.15) is 45.2 Å². The molecule has 236 valence electrons. The van der Waals surface area contributed by atoms with E-state index in [1.165, 1.54) is 0 Å². The molecule has 49 heavy (non-hydrogen) atoms. The van der Waals surface area contributed by atoms with Gasteiger partial charge in [-0.1, -0.05) is 72.8 Å². The van der Waals surface area contributed by atoms with Gasteiger partial charge >= 0.3 is 17.9 Å². The van der Waals surface area contributed by atoms with Crippen LogP contribution in [0, 0.1) is 0 Å². The summed E-state index contributed by atoms with van der Waals surface area (Å²) < 4.78 is 0. The molecule has 0 saturated heterocycles. The predicted octanol–water partition coefficient (Wildman–Crippen LogP) is 4.83. The fourth-order valence-corrected chi connectivity index (χ4v) is 6.54. The number of carboxylic acid groups (broad SMARTS) is 3. The molecule has 4 aromatic carbocycles. The number of aromatic amines is 4. The molecule has 0 spiro atoms. The lowest BCUT2D eigenvalue weighted by atomic mass is 9.96. The molecule has 0 atom stereocenters. The standard InChI is InChI=1S/C35H20N8O6/c44-33(45)21-13-20-22(24(35(48)49)23(21)34(46)47)32-42-30-19-12-6-5-11-18(19)28(40-30)38-26-15-8-2-1-7-14(15)25(36-26)37-27-16-9-3-4-10-17(16)29(39-27)41-31(20)43-32/h1-13H,(H,44,45)(H,46,47)(H,48,49)(H4,36,37,38,39,40,41,42,43). The number of hydrogen-bond donors (Lipinski definition) is 7. The lowest BCUT2D eigenvalue weighted by Gasteiger charge is -2.07. The zero-order valence-corrected chi connectivity index (χ0v) is 24.9. The number of benzene rings is 4. The summed E-state index contributed by atoms with van der Waals surface area (Å²) in [5, 5.41) is 34.8. The summed E-state index contributed by atoms with van der Waals surface area (Å²) in [7, 11) is 0. The van der Waals surface area contributed by atoms with E-state index < -0.39 is 34.6 Å². The molecule has 1 aliphatic heterocycles. The summed E-state index contributed by atoms with van der Waals surface area (Å²) >= 11 is 0. The predicted molar refractivity (Wildman–Crippen MR) is 177 cm³/mol. The van der Waals surface area contributed by atoms with E-state index in [2.05, 4.69) is 19.9 Å². The quantitative estimate of drug-likeness (QED) is 0.142. The fraction of sp³-hybridized carbons (Fsp3) is 0. The number of nitrogens with one attached hydrogen (secondary N) is 4. The zero-order chi connectivity index (χ0) is 33.6. The molecule has 0 amide bonds. The monoisotopic (exact) mass is 648 g/mol. The molecule has 0 fully saturated rings. The zero-order valence-electron chi connectivity index (χ0n) is 24.9. The van der Waals surface area contributed by atoms with Gasteiger partial charge in [-0.15, -0.1) is 0 Å². The van der Waals surface area contributed by atoms with Crippen LogP contribution in [0.5, 0.6) is 0 Å². The highest BCUT2D eigenvalue weighted by atomic mass is 16.4. The van der Waals surface area contributed by atoms with Gasteiger partial charge in [0.25, 0.3) is 0 Å². The first-order valence-corrected chi connectivity index (χ1v) is 14.9. The average molecular weight is 649 g/mol. The number of hydrogen-bond acceptors (Lipinski definition) is 7. The Bertz CT molecular complexity index is 3060. The first-order chi connectivity index (χ1) is 23.8. The molecular weight excluding hydrogens is 628 g/mol. The van der Waals surface area contributed by atoms with Gasteiger partial charge in [0.05, 0.1) is 16.7 Å². The summed E-state index contributed by atoms with van der Waals surface area (Å²) in [5.74, 6) is -3.43. The lowest BCUT2D eigenvalue weighted by molar-refractivity contribution is 0.0634. The van der Waals surface area contributed by atoms with E-state index in [9.17, 15) is 29.7 Å². The highest BCUT2D eigenvalue weighted by Gasteiger charge is 2.29. The van der Waals surface area contributed by atoms with Crippen molar-refractivity contribution >= 4 is 84.3 Å². The third kappa shape index (κ3) is 4.10. The van der Waals surface area contributed by atoms with Gasteiger partial charge in [-0.2, -0.15) is 0 Å². The molecule has 7 N–H and O–H groups in total. The largest absolute Gasteiger partial charge is 0.478 e. The summed E-state index contributed by atoms with van der Waals surface area (Å²) in [5.41, 5.74) is -1.25. The first kappa shape index (κ1) is 27.9. The lowest BCUT2D eigenvalue weighted by Crippen LogP contribution is -2.17. The van der Waals surface area contributed by atoms with Crippen LogP contribution in [0.3, 0.4) is 0 Å². The molecule has 5 heterocycles. The maximum Gasteiger partial charge on any atom is 0.337 e. The number of fused-ring (bicyclic) bond motifs is 20. The van der Waals surface area contributed by atoms with Gasteiger partial charge in [0, 0.05) is 43.1 Å². The smallest absolute Gasteiger partial charge is 0.337 e. The number of carbonyl (C=O) groups is 3. The minimum absolute atomic E-state index is 0.0420. The Kier molecular flexibility index (Phi) is 5.74. The van der Waals surface area contributed by atoms with Crippen molar-refractivity contribution in [3.63, 3.8) is 0 Å². The SMILES string of the molecule is O=C(O)c1cc2c3[nH]c(c2c(C(=O)O)c1C(=O)O)=Nc1[nH]c(c2ccccc12)N=c1[nH]c(c2ccccc12)=Nc1[nH]c(c2ccccc12)N=3. The van der Waals surface area contributed by atoms with E-state index >= 15 is 0 Å². The second-order valence-electron chi connectivity index (χ2n) is 11.4. The average Bonchev–Trinajstić information content (AvgIpc) is 3.83. The van der Waals surface area contributed by atoms with Crippen molar-refractivity contribution in [1.82, 2.24) is 19.9 Å². The molecule has 0 unspecified atom stereocenters. The molecular formula is C35H20N8O6. The Morgan fingerprint density at radius 2 is 0.796 bits per heavy atom. The van der Waals surface area contributed by atoms with Crippen LogP contribution >= 0.6 is 0 Å². The van der Waals surface area contributed by atoms with E-state index in [-0.39, 0.29) is 21.7 Å². The van der Waals surface area contributed by atoms with Crippen molar-refractivity contribution in [1.29, 1.82) is 0 Å². The molecule has 0 aliphatic carbocycles. The Morgan fingerprint density at radius 3 is 1.20 bits per heavy atom. The van der Waals surface area contributed by atoms with Crippen LogP contribution in [0.2, 0.25) is 0 Å². The van der Waals surface area contributed by atoms with Gasteiger partial charge in [-0.25, -0.2) is 34.4 Å². The second kappa shape index (κ2) is 10.1. The third-order valence-electron chi connectivity index (χ3n) is 8.63. The molecule has 8 aromatic rings. The van der Waals surface area contributed by atoms with Gasteiger partial charge in [-0.3, -0.25) is 0 Å². The van der Waals surface area contributed by atoms with Crippen molar-refractivity contribution in [3.05, 3.63) is 118 Å². The third-order valence-corrected chi connectivity index (χ3v) is 8.63. The van der Waals surface area contributed by atoms with Gasteiger partial charge in [-0.05, 0) is 6.07 Å². The number of H-pyrrole nitrogens is 4. The van der Waals surface area contributed by atoms with Crippen LogP contribution in [0.25, 0.3) is 43.1 Å². The number of carboxylic acids is 3. The maximum absolute atomic E-state index is 12.8. The van der Waals surface area contributed by atoms with Gasteiger partial charge < -0.3 is 35.3 Å². The summed E-state index contributed by atoms with van der Waals surface area (Å²) in [6.07, 6.45) is 0. The number of nitrogens with zero attached hydrogens (tertiary/aromatic N) is 4. The normalized spacial score (nSPS) is 12.4. The molecule has 4 aromatic heterocycles. The van der Waals surface area contributed by atoms with Crippen molar-refractivity contribution in [2.24, 2.45) is 20.0 Å². The molecule has 0 radical (unpaired) electrons. The number of rotatable bonds is 3. The van der Waals surface area contributed by atoms with E-state index in [0.717, 1.165) is 22.2 Å². The molecule has 0 saturated carbocycles. The number of aromatic carboxylic acids is 3. The maximum atomic E-state index is 12.8. The fourth-order valence-electron chi connectivity index (χ4n) is 6.54. The minimum atomic E-state index is -1.72. The van der Waals surface area contributed by atoms with Crippen molar-refractivity contribution in [2.75, 3.05) is 0 Å². The van der Waals surface area contributed by atoms with Crippen LogP contribution in [0.1, 0.15) is 31.1 Å². The highest BCUT2D eigenvalue weighted by Crippen LogP contribution is 2.35. The van der Waals surface area contributed by atoms with Crippen LogP contribution in [-0.2, 0) is 0 Å². The summed E-state index contributed by atoms with van der Waals surface area (Å²) in [4.78, 5) is 70.0. The van der Waals surface area contributed by atoms with Crippen LogP contribution < -0.4 is 22.0 Å². The number of aromatic nitrogens is 4. The highest BCUT2D eigenvalue weighted by molar-refractivity contribution is 6.17. The summed E-state index contributed by atoms with van der Waals surface area (Å²) in [6.45, 7) is 0. The Balaban J connectivity index is 1.54. The van der Waals surface area contributed by atoms with E-state index in [4.69, 9.17) is 20.0 Å². The molecule has 8 bridgehead atoms. The second-order valence-corrected chi connectivity index (χ2v) is 11.4. The van der Waals surface area contributed by atoms with Crippen molar-refractivity contribution < 1.29 is 29.7 Å². The van der Waals surface area contributed by atoms with Gasteiger partial charge in [0.2, 0.25) is 0 Å². The molecule has 14 heteroatoms. The Labute approximate surface area is 271 Å². The Hall–Kier alpha value is -7.35. The summed E-state index contributed by atoms with van der Waals surface area (Å²) in [6, 6.07) is 23.5. The minimum Gasteiger partial charge on any atom is -0.478 e. The van der Waals surface area contributed by atoms with E-state index in [1.54, 1.807) is 0 Å². The van der Waals surface area contributed by atoms with Gasteiger partial charge in [0.15, 0.2) is 0 Å².